The fourth-order valence-corrected chi connectivity index (χ4v) is 7.07. The number of carbonyl (C=O) groups is 1. The summed E-state index contributed by atoms with van der Waals surface area (Å²) in [7, 11) is -3.45. The molecule has 0 radical (unpaired) electrons. The lowest BCUT2D eigenvalue weighted by atomic mass is 10.1. The van der Waals surface area contributed by atoms with E-state index in [-0.39, 0.29) is 22.0 Å². The van der Waals surface area contributed by atoms with Crippen LogP contribution in [0.4, 0.5) is 0 Å². The van der Waals surface area contributed by atoms with E-state index < -0.39 is 31.8 Å². The van der Waals surface area contributed by atoms with Gasteiger partial charge in [0.15, 0.2) is 9.84 Å². The second-order valence-corrected chi connectivity index (χ2v) is 11.7. The molecule has 2 saturated heterocycles. The molecule has 8 nitrogen and oxygen atoms in total. The predicted molar refractivity (Wildman–Crippen MR) is 106 cm³/mol. The molecule has 1 aromatic carbocycles. The summed E-state index contributed by atoms with van der Waals surface area (Å²) in [4.78, 5) is 13.2. The molecule has 2 aliphatic heterocycles. The molecule has 156 valence electrons. The maximum absolute atomic E-state index is 13.1. The molecule has 0 bridgehead atoms. The molecule has 0 spiro atoms. The van der Waals surface area contributed by atoms with Crippen molar-refractivity contribution in [3.05, 3.63) is 29.8 Å². The van der Waals surface area contributed by atoms with Crippen LogP contribution in [0.2, 0.25) is 0 Å². The highest BCUT2D eigenvalue weighted by Gasteiger charge is 2.36. The molecule has 0 N–H and O–H groups in total. The molecular formula is C18H27N3O5S2. The third-order valence-corrected chi connectivity index (χ3v) is 8.87. The molecule has 1 aromatic rings. The third kappa shape index (κ3) is 4.40. The number of sulfonamides is 1. The van der Waals surface area contributed by atoms with Gasteiger partial charge in [0.05, 0.1) is 22.4 Å². The number of benzene rings is 1. The highest BCUT2D eigenvalue weighted by atomic mass is 32.2. The van der Waals surface area contributed by atoms with Gasteiger partial charge in [0.25, 0.3) is 5.91 Å². The summed E-state index contributed by atoms with van der Waals surface area (Å²) >= 11 is 0. The van der Waals surface area contributed by atoms with Crippen molar-refractivity contribution >= 4 is 25.8 Å². The zero-order valence-corrected chi connectivity index (χ0v) is 17.9. The van der Waals surface area contributed by atoms with Gasteiger partial charge >= 0.3 is 0 Å². The van der Waals surface area contributed by atoms with Crippen molar-refractivity contribution in [1.29, 1.82) is 0 Å². The summed E-state index contributed by atoms with van der Waals surface area (Å²) < 4.78 is 51.0. The smallest absolute Gasteiger partial charge is 0.268 e. The van der Waals surface area contributed by atoms with E-state index in [0.717, 1.165) is 19.3 Å². The van der Waals surface area contributed by atoms with Gasteiger partial charge in [0, 0.05) is 32.7 Å². The van der Waals surface area contributed by atoms with Gasteiger partial charge in [-0.15, -0.1) is 0 Å². The first-order chi connectivity index (χ1) is 13.1. The number of rotatable bonds is 5. The molecule has 2 fully saturated rings. The van der Waals surface area contributed by atoms with Gasteiger partial charge in [-0.05, 0) is 37.5 Å². The topological polar surface area (TPSA) is 95.1 Å². The van der Waals surface area contributed by atoms with Crippen molar-refractivity contribution in [1.82, 2.24) is 14.3 Å². The molecular weight excluding hydrogens is 402 g/mol. The first-order valence-electron chi connectivity index (χ1n) is 9.43. The van der Waals surface area contributed by atoms with Crippen molar-refractivity contribution in [2.24, 2.45) is 0 Å². The van der Waals surface area contributed by atoms with Crippen LogP contribution >= 0.6 is 0 Å². The Balaban J connectivity index is 1.88. The van der Waals surface area contributed by atoms with Crippen LogP contribution < -0.4 is 0 Å². The van der Waals surface area contributed by atoms with E-state index in [0.29, 0.717) is 19.5 Å². The molecule has 1 atom stereocenters. The van der Waals surface area contributed by atoms with E-state index in [1.807, 2.05) is 0 Å². The van der Waals surface area contributed by atoms with Gasteiger partial charge in [-0.2, -0.15) is 4.31 Å². The first-order valence-corrected chi connectivity index (χ1v) is 12.7. The predicted octanol–water partition coefficient (Wildman–Crippen LogP) is 0.967. The lowest BCUT2D eigenvalue weighted by Gasteiger charge is -2.34. The van der Waals surface area contributed by atoms with Crippen LogP contribution in [0, 0.1) is 0 Å². The van der Waals surface area contributed by atoms with Crippen LogP contribution in [-0.2, 0) is 19.9 Å². The first kappa shape index (κ1) is 21.2. The molecule has 2 aliphatic rings. The zero-order valence-electron chi connectivity index (χ0n) is 16.2. The molecule has 28 heavy (non-hydrogen) atoms. The number of sulfone groups is 1. The summed E-state index contributed by atoms with van der Waals surface area (Å²) in [6.07, 6.45) is 3.06. The fraction of sp³-hybridized carbons (Fsp3) is 0.611. The Morgan fingerprint density at radius 1 is 1.14 bits per heavy atom. The summed E-state index contributed by atoms with van der Waals surface area (Å²) in [5.41, 5.74) is 0.232. The van der Waals surface area contributed by atoms with Crippen molar-refractivity contribution in [3.63, 3.8) is 0 Å². The summed E-state index contributed by atoms with van der Waals surface area (Å²) in [6, 6.07) is 5.57. The lowest BCUT2D eigenvalue weighted by molar-refractivity contribution is 0.000988. The molecule has 0 saturated carbocycles. The third-order valence-electron chi connectivity index (χ3n) is 5.23. The standard InChI is InChI=1S/C18H27N3O5S2/c1-19(2)21(16-9-12-27(23,24)14-16)18(22)15-7-6-8-17(13-15)28(25,26)20-10-4-3-5-11-20/h6-8,13,16H,3-5,9-12,14H2,1-2H3/t16-/m1/s1. The summed E-state index contributed by atoms with van der Waals surface area (Å²) in [5.74, 6) is -0.427. The van der Waals surface area contributed by atoms with Crippen molar-refractivity contribution in [2.75, 3.05) is 38.7 Å². The highest BCUT2D eigenvalue weighted by molar-refractivity contribution is 7.91. The number of piperidine rings is 1. The second kappa shape index (κ2) is 8.10. The van der Waals surface area contributed by atoms with Crippen molar-refractivity contribution in [3.8, 4) is 0 Å². The second-order valence-electron chi connectivity index (χ2n) is 7.55. The van der Waals surface area contributed by atoms with Crippen LogP contribution in [0.1, 0.15) is 36.0 Å². The monoisotopic (exact) mass is 429 g/mol. The number of nitrogens with zero attached hydrogens (tertiary/aromatic N) is 3. The van der Waals surface area contributed by atoms with Gasteiger partial charge in [0.2, 0.25) is 10.0 Å². The average Bonchev–Trinajstić information content (AvgIpc) is 3.01. The molecule has 3 rings (SSSR count). The minimum Gasteiger partial charge on any atom is -0.268 e. The van der Waals surface area contributed by atoms with E-state index in [1.54, 1.807) is 31.2 Å². The minimum absolute atomic E-state index is 0.0542. The lowest BCUT2D eigenvalue weighted by Crippen LogP contribution is -2.49. The zero-order chi connectivity index (χ0) is 20.5. The van der Waals surface area contributed by atoms with Gasteiger partial charge in [-0.3, -0.25) is 9.80 Å². The van der Waals surface area contributed by atoms with Crippen LogP contribution in [0.15, 0.2) is 29.2 Å². The number of amides is 1. The van der Waals surface area contributed by atoms with E-state index in [9.17, 15) is 21.6 Å². The van der Waals surface area contributed by atoms with Crippen LogP contribution in [-0.4, -0.2) is 81.8 Å². The van der Waals surface area contributed by atoms with Crippen LogP contribution in [0.3, 0.4) is 0 Å². The molecule has 1 amide bonds. The van der Waals surface area contributed by atoms with Gasteiger partial charge in [-0.25, -0.2) is 21.8 Å². The fourth-order valence-electron chi connectivity index (χ4n) is 3.82. The van der Waals surface area contributed by atoms with Crippen molar-refractivity contribution in [2.45, 2.75) is 36.6 Å². The highest BCUT2D eigenvalue weighted by Crippen LogP contribution is 2.24. The Hall–Kier alpha value is -1.49. The average molecular weight is 430 g/mol. The largest absolute Gasteiger partial charge is 0.268 e. The van der Waals surface area contributed by atoms with E-state index in [1.165, 1.54) is 21.4 Å². The molecule has 10 heteroatoms. The minimum atomic E-state index is -3.65. The molecule has 2 heterocycles. The Morgan fingerprint density at radius 3 is 2.39 bits per heavy atom. The normalized spacial score (nSPS) is 23.0. The van der Waals surface area contributed by atoms with Gasteiger partial charge < -0.3 is 0 Å². The van der Waals surface area contributed by atoms with E-state index in [2.05, 4.69) is 0 Å². The number of hydrazine groups is 1. The maximum atomic E-state index is 13.1. The number of hydrogen-bond donors (Lipinski definition) is 0. The Morgan fingerprint density at radius 2 is 1.82 bits per heavy atom. The number of carbonyl (C=O) groups excluding carboxylic acids is 1. The van der Waals surface area contributed by atoms with E-state index >= 15 is 0 Å². The van der Waals surface area contributed by atoms with E-state index in [4.69, 9.17) is 0 Å². The number of hydrogen-bond acceptors (Lipinski definition) is 6. The molecule has 0 aliphatic carbocycles. The van der Waals surface area contributed by atoms with Crippen LogP contribution in [0.5, 0.6) is 0 Å². The summed E-state index contributed by atoms with van der Waals surface area (Å²) in [6.45, 7) is 0.981. The Labute approximate surface area is 167 Å². The summed E-state index contributed by atoms with van der Waals surface area (Å²) in [5, 5.41) is 2.98. The SMILES string of the molecule is CN(C)N(C(=O)c1cccc(S(=O)(=O)N2CCCCC2)c1)[C@@H]1CCS(=O)(=O)C1. The maximum Gasteiger partial charge on any atom is 0.268 e. The van der Waals surface area contributed by atoms with Gasteiger partial charge in [0.1, 0.15) is 0 Å². The van der Waals surface area contributed by atoms with Crippen molar-refractivity contribution < 1.29 is 21.6 Å². The molecule has 0 unspecified atom stereocenters. The Kier molecular flexibility index (Phi) is 6.14. The molecule has 0 aromatic heterocycles. The Bertz CT molecular complexity index is 938. The van der Waals surface area contributed by atoms with Gasteiger partial charge in [-0.1, -0.05) is 12.5 Å². The quantitative estimate of drug-likeness (QED) is 0.647. The van der Waals surface area contributed by atoms with Crippen LogP contribution in [0.25, 0.3) is 0 Å².